The van der Waals surface area contributed by atoms with E-state index in [0.717, 1.165) is 24.4 Å². The van der Waals surface area contributed by atoms with Gasteiger partial charge in [-0.1, -0.05) is 40.7 Å². The van der Waals surface area contributed by atoms with E-state index in [1.54, 1.807) is 0 Å². The topological polar surface area (TPSA) is 60.9 Å². The number of carbonyl (C=O) groups is 1. The molecule has 2 aromatic carbocycles. The monoisotopic (exact) mass is 499 g/mol. The molecule has 0 aliphatic heterocycles. The Balaban J connectivity index is 2.01. The maximum absolute atomic E-state index is 14.5. The number of hydrogen-bond acceptors (Lipinski definition) is 5. The lowest BCUT2D eigenvalue weighted by atomic mass is 10.0. The molecule has 0 atom stereocenters. The Morgan fingerprint density at radius 1 is 1.15 bits per heavy atom. The molecule has 0 aliphatic carbocycles. The molecule has 4 aromatic rings. The first-order valence-corrected chi connectivity index (χ1v) is 10.7. The number of rotatable bonds is 4. The number of benzene rings is 2. The van der Waals surface area contributed by atoms with Crippen molar-refractivity contribution < 1.29 is 31.3 Å². The van der Waals surface area contributed by atoms with Gasteiger partial charge in [-0.25, -0.2) is 13.5 Å². The zero-order valence-corrected chi connectivity index (χ0v) is 18.0. The van der Waals surface area contributed by atoms with E-state index in [9.17, 15) is 26.7 Å². The summed E-state index contributed by atoms with van der Waals surface area (Å²) in [5.41, 5.74) is -3.21. The average molecular weight is 500 g/mol. The third kappa shape index (κ3) is 4.13. The Bertz CT molecular complexity index is 1350. The molecule has 12 heteroatoms. The maximum Gasteiger partial charge on any atom is 0.434 e. The fourth-order valence-electron chi connectivity index (χ4n) is 3.25. The largest absolute Gasteiger partial charge is 0.434 e. The molecule has 0 aliphatic rings. The van der Waals surface area contributed by atoms with E-state index >= 15 is 0 Å². The van der Waals surface area contributed by atoms with Crippen molar-refractivity contribution in [1.82, 2.24) is 14.9 Å². The van der Waals surface area contributed by atoms with Gasteiger partial charge in [0.05, 0.1) is 28.0 Å². The smallest absolute Gasteiger partial charge is 0.355 e. The van der Waals surface area contributed by atoms with Crippen LogP contribution in [0, 0.1) is 11.6 Å². The average Bonchev–Trinajstić information content (AvgIpc) is 3.37. The molecule has 0 radical (unpaired) electrons. The van der Waals surface area contributed by atoms with Crippen LogP contribution >= 0.6 is 23.4 Å². The summed E-state index contributed by atoms with van der Waals surface area (Å²) in [5, 5.41) is 6.57. The number of carbonyl (C=O) groups excluding carboxylic acids is 1. The molecule has 5 nitrogen and oxygen atoms in total. The van der Waals surface area contributed by atoms with E-state index in [-0.39, 0.29) is 22.0 Å². The normalized spacial score (nSPS) is 11.7. The molecule has 2 aromatic heterocycles. The second-order valence-corrected chi connectivity index (χ2v) is 7.81. The number of aromatic nitrogens is 3. The minimum Gasteiger partial charge on any atom is -0.355 e. The summed E-state index contributed by atoms with van der Waals surface area (Å²) in [6, 6.07) is 8.11. The van der Waals surface area contributed by atoms with Crippen molar-refractivity contribution in [2.45, 2.75) is 6.18 Å². The molecule has 0 spiro atoms. The van der Waals surface area contributed by atoms with Crippen LogP contribution in [0.3, 0.4) is 0 Å². The summed E-state index contributed by atoms with van der Waals surface area (Å²) < 4.78 is 76.1. The lowest BCUT2D eigenvalue weighted by Crippen LogP contribution is -2.15. The van der Waals surface area contributed by atoms with Crippen molar-refractivity contribution >= 4 is 28.5 Å². The van der Waals surface area contributed by atoms with E-state index < -0.39 is 45.5 Å². The molecule has 0 unspecified atom stereocenters. The Labute approximate surface area is 192 Å². The highest BCUT2D eigenvalue weighted by Crippen LogP contribution is 2.43. The second kappa shape index (κ2) is 8.64. The van der Waals surface area contributed by atoms with Crippen LogP contribution in [-0.4, -0.2) is 26.3 Å². The number of nitrogens with zero attached hydrogens (tertiary/aromatic N) is 3. The Morgan fingerprint density at radius 3 is 2.52 bits per heavy atom. The van der Waals surface area contributed by atoms with Crippen LogP contribution in [0.25, 0.3) is 28.3 Å². The first kappa shape index (κ1) is 23.0. The number of hydrogen-bond donors (Lipinski definition) is 0. The molecule has 170 valence electrons. The van der Waals surface area contributed by atoms with Gasteiger partial charge in [0.25, 0.3) is 0 Å². The summed E-state index contributed by atoms with van der Waals surface area (Å²) in [5.74, 6) is -2.19. The highest BCUT2D eigenvalue weighted by Gasteiger charge is 2.42. The van der Waals surface area contributed by atoms with Gasteiger partial charge in [0, 0.05) is 0 Å². The number of alkyl halides is 3. The van der Waals surface area contributed by atoms with Gasteiger partial charge in [-0.3, -0.25) is 4.79 Å². The van der Waals surface area contributed by atoms with Gasteiger partial charge in [-0.05, 0) is 36.6 Å². The van der Waals surface area contributed by atoms with Crippen LogP contribution in [0.2, 0.25) is 5.02 Å². The van der Waals surface area contributed by atoms with Gasteiger partial charge >= 0.3 is 6.18 Å². The van der Waals surface area contributed by atoms with Gasteiger partial charge in [0.2, 0.25) is 5.12 Å². The quantitative estimate of drug-likeness (QED) is 0.294. The number of thioether (sulfide) groups is 1. The lowest BCUT2D eigenvalue weighted by molar-refractivity contribution is -0.142. The summed E-state index contributed by atoms with van der Waals surface area (Å²) in [4.78, 5) is 12.7. The SMILES string of the molecule is CSC(=O)c1c(-c2c(F)cccc2Cl)noc1-c1cnn(-c2cccc(F)c2)c1C(F)(F)F. The van der Waals surface area contributed by atoms with Gasteiger partial charge in [-0.15, -0.1) is 0 Å². The Hall–Kier alpha value is -3.18. The first-order chi connectivity index (χ1) is 15.6. The molecule has 33 heavy (non-hydrogen) atoms. The predicted molar refractivity (Wildman–Crippen MR) is 112 cm³/mol. The molecular formula is C21H11ClF5N3O2S. The molecule has 0 N–H and O–H groups in total. The summed E-state index contributed by atoms with van der Waals surface area (Å²) in [6.45, 7) is 0. The molecule has 0 bridgehead atoms. The molecule has 2 heterocycles. The van der Waals surface area contributed by atoms with Gasteiger partial charge in [0.1, 0.15) is 22.9 Å². The summed E-state index contributed by atoms with van der Waals surface area (Å²) in [7, 11) is 0. The highest BCUT2D eigenvalue weighted by atomic mass is 35.5. The highest BCUT2D eigenvalue weighted by molar-refractivity contribution is 8.13. The predicted octanol–water partition coefficient (Wildman–Crippen LogP) is 6.65. The van der Waals surface area contributed by atoms with Crippen molar-refractivity contribution in [1.29, 1.82) is 0 Å². The zero-order valence-electron chi connectivity index (χ0n) is 16.5. The van der Waals surface area contributed by atoms with Gasteiger partial charge in [0.15, 0.2) is 11.5 Å². The van der Waals surface area contributed by atoms with Crippen LogP contribution in [0.5, 0.6) is 0 Å². The van der Waals surface area contributed by atoms with E-state index in [4.69, 9.17) is 16.1 Å². The van der Waals surface area contributed by atoms with Crippen LogP contribution in [0.15, 0.2) is 53.2 Å². The third-order valence-corrected chi connectivity index (χ3v) is 5.51. The van der Waals surface area contributed by atoms with E-state index in [0.29, 0.717) is 16.4 Å². The number of halogens is 6. The van der Waals surface area contributed by atoms with E-state index in [2.05, 4.69) is 10.3 Å². The molecular weight excluding hydrogens is 489 g/mol. The lowest BCUT2D eigenvalue weighted by Gasteiger charge is -2.12. The van der Waals surface area contributed by atoms with Gasteiger partial charge in [-0.2, -0.15) is 18.3 Å². The van der Waals surface area contributed by atoms with Crippen molar-refractivity contribution in [2.24, 2.45) is 0 Å². The zero-order chi connectivity index (χ0) is 23.9. The third-order valence-electron chi connectivity index (χ3n) is 4.62. The van der Waals surface area contributed by atoms with Crippen molar-refractivity contribution in [3.8, 4) is 28.3 Å². The molecule has 4 rings (SSSR count). The summed E-state index contributed by atoms with van der Waals surface area (Å²) in [6.07, 6.45) is -2.77. The minimum atomic E-state index is -4.99. The summed E-state index contributed by atoms with van der Waals surface area (Å²) >= 11 is 6.74. The van der Waals surface area contributed by atoms with Crippen LogP contribution in [0.4, 0.5) is 22.0 Å². The maximum atomic E-state index is 14.5. The minimum absolute atomic E-state index is 0.114. The van der Waals surface area contributed by atoms with Crippen LogP contribution in [0.1, 0.15) is 16.1 Å². The second-order valence-electron chi connectivity index (χ2n) is 6.62. The standard InChI is InChI=1S/C21H11ClF5N3O2S/c1-33-20(31)16-17(15-13(22)6-3-7-14(15)24)29-32-18(16)12-9-28-30(19(12)21(25,26)27)11-5-2-4-10(23)8-11/h2-9H,1H3. The van der Waals surface area contributed by atoms with Gasteiger partial charge < -0.3 is 4.52 Å². The van der Waals surface area contributed by atoms with Crippen molar-refractivity contribution in [2.75, 3.05) is 6.26 Å². The van der Waals surface area contributed by atoms with Crippen LogP contribution in [-0.2, 0) is 6.18 Å². The van der Waals surface area contributed by atoms with E-state index in [1.807, 2.05) is 0 Å². The van der Waals surface area contributed by atoms with Crippen molar-refractivity contribution in [3.05, 3.63) is 76.6 Å². The fourth-order valence-corrected chi connectivity index (χ4v) is 3.90. The van der Waals surface area contributed by atoms with Crippen LogP contribution < -0.4 is 0 Å². The Kier molecular flexibility index (Phi) is 6.02. The molecule has 0 saturated carbocycles. The van der Waals surface area contributed by atoms with Crippen molar-refractivity contribution in [3.63, 3.8) is 0 Å². The van der Waals surface area contributed by atoms with E-state index in [1.165, 1.54) is 30.5 Å². The molecule has 0 fully saturated rings. The molecule has 0 amide bonds. The first-order valence-electron chi connectivity index (χ1n) is 9.07. The Morgan fingerprint density at radius 2 is 1.88 bits per heavy atom. The molecule has 0 saturated heterocycles. The fraction of sp³-hybridized carbons (Fsp3) is 0.0952.